The highest BCUT2D eigenvalue weighted by Crippen LogP contribution is 2.14. The van der Waals surface area contributed by atoms with Gasteiger partial charge in [-0.25, -0.2) is 0 Å². The molecule has 0 aromatic rings. The maximum absolute atomic E-state index is 11.7. The third-order valence-electron chi connectivity index (χ3n) is 3.57. The van der Waals surface area contributed by atoms with E-state index in [1.165, 1.54) is 5.57 Å². The van der Waals surface area contributed by atoms with Gasteiger partial charge in [0.25, 0.3) is 0 Å². The van der Waals surface area contributed by atoms with Crippen LogP contribution in [0.2, 0.25) is 0 Å². The van der Waals surface area contributed by atoms with Crippen molar-refractivity contribution in [1.82, 2.24) is 10.6 Å². The summed E-state index contributed by atoms with van der Waals surface area (Å²) in [5.74, 6) is 0.554. The van der Waals surface area contributed by atoms with Crippen molar-refractivity contribution in [2.24, 2.45) is 5.73 Å². The average Bonchev–Trinajstić information content (AvgIpc) is 2.47. The minimum Gasteiger partial charge on any atom is -0.498 e. The summed E-state index contributed by atoms with van der Waals surface area (Å²) in [5, 5.41) is 5.58. The molecule has 2 amide bonds. The molecule has 6 nitrogen and oxygen atoms in total. The zero-order chi connectivity index (χ0) is 15.7. The first kappa shape index (κ1) is 17.7. The van der Waals surface area contributed by atoms with Gasteiger partial charge in [0.1, 0.15) is 0 Å². The van der Waals surface area contributed by atoms with Gasteiger partial charge in [-0.05, 0) is 31.4 Å². The number of amides is 2. The molecule has 1 rings (SSSR count). The lowest BCUT2D eigenvalue weighted by Gasteiger charge is -2.23. The zero-order valence-corrected chi connectivity index (χ0v) is 13.0. The Kier molecular flexibility index (Phi) is 8.00. The molecule has 1 fully saturated rings. The van der Waals surface area contributed by atoms with E-state index in [4.69, 9.17) is 10.5 Å². The van der Waals surface area contributed by atoms with Gasteiger partial charge in [0, 0.05) is 19.4 Å². The minimum absolute atomic E-state index is 0.191. The number of allylic oxidation sites excluding steroid dienone is 1. The quantitative estimate of drug-likeness (QED) is 0.333. The lowest BCUT2D eigenvalue weighted by Crippen LogP contribution is -2.51. The molecule has 0 aromatic heterocycles. The van der Waals surface area contributed by atoms with E-state index in [2.05, 4.69) is 24.5 Å². The number of nitrogens with one attached hydrogen (secondary N) is 2. The normalized spacial score (nSPS) is 20.0. The Labute approximate surface area is 126 Å². The van der Waals surface area contributed by atoms with Crippen LogP contribution in [0.3, 0.4) is 0 Å². The number of rotatable bonds is 9. The molecule has 21 heavy (non-hydrogen) atoms. The van der Waals surface area contributed by atoms with Crippen molar-refractivity contribution in [2.45, 2.75) is 52.0 Å². The van der Waals surface area contributed by atoms with Gasteiger partial charge in [-0.15, -0.1) is 0 Å². The Bertz CT molecular complexity index is 394. The standard InChI is InChI=1S/C15H27N3O3/c1-3-11(13(4-2)21-9-5-8-16)10-17-12-6-7-14(19)18-15(12)20/h12,17H,3-10,16H2,1-2H3,(H,18,19,20)/b13-11-/t12-/m0/s1. The van der Waals surface area contributed by atoms with E-state index in [0.717, 1.165) is 25.0 Å². The molecule has 0 aliphatic carbocycles. The summed E-state index contributed by atoms with van der Waals surface area (Å²) in [6.07, 6.45) is 3.47. The van der Waals surface area contributed by atoms with Crippen LogP contribution in [0, 0.1) is 0 Å². The van der Waals surface area contributed by atoms with Crippen LogP contribution in [0.15, 0.2) is 11.3 Å². The SMILES string of the molecule is CC/C(CN[C@H]1CCC(=O)NC1=O)=C(\CC)OCCCN. The van der Waals surface area contributed by atoms with E-state index >= 15 is 0 Å². The van der Waals surface area contributed by atoms with Crippen molar-refractivity contribution in [2.75, 3.05) is 19.7 Å². The Hall–Kier alpha value is -1.40. The topological polar surface area (TPSA) is 93.5 Å². The van der Waals surface area contributed by atoms with Crippen LogP contribution in [0.4, 0.5) is 0 Å². The van der Waals surface area contributed by atoms with E-state index in [9.17, 15) is 9.59 Å². The molecule has 6 heteroatoms. The Balaban J connectivity index is 2.55. The van der Waals surface area contributed by atoms with Gasteiger partial charge in [0.15, 0.2) is 0 Å². The monoisotopic (exact) mass is 297 g/mol. The molecule has 0 radical (unpaired) electrons. The lowest BCUT2D eigenvalue weighted by molar-refractivity contribution is -0.134. The zero-order valence-electron chi connectivity index (χ0n) is 13.0. The first-order valence-corrected chi connectivity index (χ1v) is 7.73. The second-order valence-electron chi connectivity index (χ2n) is 5.11. The Morgan fingerprint density at radius 1 is 1.38 bits per heavy atom. The van der Waals surface area contributed by atoms with Gasteiger partial charge in [-0.3, -0.25) is 14.9 Å². The van der Waals surface area contributed by atoms with E-state index in [1.54, 1.807) is 0 Å². The molecule has 0 spiro atoms. The highest BCUT2D eigenvalue weighted by molar-refractivity contribution is 6.00. The molecule has 0 unspecified atom stereocenters. The predicted octanol–water partition coefficient (Wildman–Crippen LogP) is 0.821. The van der Waals surface area contributed by atoms with Crippen molar-refractivity contribution in [3.63, 3.8) is 0 Å². The van der Waals surface area contributed by atoms with Gasteiger partial charge in [-0.1, -0.05) is 13.8 Å². The summed E-state index contributed by atoms with van der Waals surface area (Å²) >= 11 is 0. The second-order valence-corrected chi connectivity index (χ2v) is 5.11. The Morgan fingerprint density at radius 3 is 2.71 bits per heavy atom. The van der Waals surface area contributed by atoms with Gasteiger partial charge in [0.05, 0.1) is 18.4 Å². The number of hydrogen-bond donors (Lipinski definition) is 3. The molecule has 1 aliphatic heterocycles. The van der Waals surface area contributed by atoms with Gasteiger partial charge >= 0.3 is 0 Å². The molecule has 0 aromatic carbocycles. The summed E-state index contributed by atoms with van der Waals surface area (Å²) in [6.45, 7) is 5.98. The Morgan fingerprint density at radius 2 is 2.14 bits per heavy atom. The number of carbonyl (C=O) groups excluding carboxylic acids is 2. The molecule has 0 saturated carbocycles. The minimum atomic E-state index is -0.300. The summed E-state index contributed by atoms with van der Waals surface area (Å²) in [5.41, 5.74) is 6.63. The van der Waals surface area contributed by atoms with Gasteiger partial charge in [0.2, 0.25) is 11.8 Å². The van der Waals surface area contributed by atoms with Crippen LogP contribution in [0.1, 0.15) is 46.0 Å². The van der Waals surface area contributed by atoms with Crippen molar-refractivity contribution in [1.29, 1.82) is 0 Å². The number of imide groups is 1. The third-order valence-corrected chi connectivity index (χ3v) is 3.57. The molecular weight excluding hydrogens is 270 g/mol. The lowest BCUT2D eigenvalue weighted by atomic mass is 10.0. The molecule has 4 N–H and O–H groups in total. The van der Waals surface area contributed by atoms with Gasteiger partial charge < -0.3 is 15.8 Å². The first-order valence-electron chi connectivity index (χ1n) is 7.73. The molecular formula is C15H27N3O3. The fourth-order valence-corrected chi connectivity index (χ4v) is 2.29. The van der Waals surface area contributed by atoms with Crippen molar-refractivity contribution >= 4 is 11.8 Å². The fourth-order valence-electron chi connectivity index (χ4n) is 2.29. The number of nitrogens with two attached hydrogens (primary N) is 1. The summed E-state index contributed by atoms with van der Waals surface area (Å²) in [4.78, 5) is 22.8. The number of ether oxygens (including phenoxy) is 1. The average molecular weight is 297 g/mol. The van der Waals surface area contributed by atoms with Crippen LogP contribution in [-0.2, 0) is 14.3 Å². The third kappa shape index (κ3) is 5.85. The fraction of sp³-hybridized carbons (Fsp3) is 0.733. The van der Waals surface area contributed by atoms with E-state index in [-0.39, 0.29) is 17.9 Å². The molecule has 1 heterocycles. The first-order chi connectivity index (χ1) is 10.1. The maximum atomic E-state index is 11.7. The van der Waals surface area contributed by atoms with Crippen LogP contribution in [0.25, 0.3) is 0 Å². The van der Waals surface area contributed by atoms with E-state index in [1.807, 2.05) is 0 Å². The van der Waals surface area contributed by atoms with E-state index in [0.29, 0.717) is 32.5 Å². The highest BCUT2D eigenvalue weighted by Gasteiger charge is 2.26. The molecule has 1 aliphatic rings. The summed E-state index contributed by atoms with van der Waals surface area (Å²) in [6, 6.07) is -0.300. The van der Waals surface area contributed by atoms with Crippen molar-refractivity contribution in [3.8, 4) is 0 Å². The van der Waals surface area contributed by atoms with Crippen LogP contribution >= 0.6 is 0 Å². The van der Waals surface area contributed by atoms with Crippen molar-refractivity contribution < 1.29 is 14.3 Å². The maximum Gasteiger partial charge on any atom is 0.243 e. The molecule has 1 atom stereocenters. The summed E-state index contributed by atoms with van der Waals surface area (Å²) in [7, 11) is 0. The summed E-state index contributed by atoms with van der Waals surface area (Å²) < 4.78 is 5.77. The largest absolute Gasteiger partial charge is 0.498 e. The molecule has 0 bridgehead atoms. The van der Waals surface area contributed by atoms with Gasteiger partial charge in [-0.2, -0.15) is 0 Å². The number of carbonyl (C=O) groups is 2. The van der Waals surface area contributed by atoms with Crippen molar-refractivity contribution in [3.05, 3.63) is 11.3 Å². The smallest absolute Gasteiger partial charge is 0.243 e. The predicted molar refractivity (Wildman–Crippen MR) is 81.4 cm³/mol. The second kappa shape index (κ2) is 9.52. The number of piperidine rings is 1. The van der Waals surface area contributed by atoms with Crippen LogP contribution in [0.5, 0.6) is 0 Å². The number of hydrogen-bond acceptors (Lipinski definition) is 5. The molecule has 1 saturated heterocycles. The van der Waals surface area contributed by atoms with E-state index < -0.39 is 0 Å². The van der Waals surface area contributed by atoms with Crippen LogP contribution < -0.4 is 16.4 Å². The molecule has 120 valence electrons. The van der Waals surface area contributed by atoms with Crippen LogP contribution in [-0.4, -0.2) is 37.6 Å². The highest BCUT2D eigenvalue weighted by atomic mass is 16.5.